The number of carbonyl (C=O) groups excluding carboxylic acids is 1. The summed E-state index contributed by atoms with van der Waals surface area (Å²) in [5.41, 5.74) is 2.92. The van der Waals surface area contributed by atoms with Crippen LogP contribution in [0.2, 0.25) is 0 Å². The Balaban J connectivity index is 2.04. The standard InChI is InChI=1S/C16H19N3O/c1-18(2)15-6-4-13(5-7-15)12-19(3)16(20)14-8-10-17-11-9-14/h4-11H,12H2,1-3H3. The molecule has 0 aliphatic heterocycles. The predicted octanol–water partition coefficient (Wildman–Crippen LogP) is 2.42. The lowest BCUT2D eigenvalue weighted by molar-refractivity contribution is 0.0785. The minimum Gasteiger partial charge on any atom is -0.378 e. The molecule has 0 N–H and O–H groups in total. The van der Waals surface area contributed by atoms with E-state index in [0.29, 0.717) is 12.1 Å². The highest BCUT2D eigenvalue weighted by molar-refractivity contribution is 5.93. The van der Waals surface area contributed by atoms with Crippen molar-refractivity contribution >= 4 is 11.6 Å². The van der Waals surface area contributed by atoms with Crippen molar-refractivity contribution in [1.82, 2.24) is 9.88 Å². The Kier molecular flexibility index (Phi) is 4.35. The van der Waals surface area contributed by atoms with Gasteiger partial charge in [-0.25, -0.2) is 0 Å². The number of nitrogens with zero attached hydrogens (tertiary/aromatic N) is 3. The van der Waals surface area contributed by atoms with Gasteiger partial charge >= 0.3 is 0 Å². The predicted molar refractivity (Wildman–Crippen MR) is 80.8 cm³/mol. The Labute approximate surface area is 119 Å². The number of benzene rings is 1. The van der Waals surface area contributed by atoms with Crippen LogP contribution in [-0.2, 0) is 6.54 Å². The van der Waals surface area contributed by atoms with Gasteiger partial charge in [0, 0.05) is 51.3 Å². The second-order valence-corrected chi connectivity index (χ2v) is 4.96. The van der Waals surface area contributed by atoms with E-state index in [1.54, 1.807) is 29.4 Å². The van der Waals surface area contributed by atoms with Crippen LogP contribution in [0.4, 0.5) is 5.69 Å². The SMILES string of the molecule is CN(Cc1ccc(N(C)C)cc1)C(=O)c1ccncc1. The average Bonchev–Trinajstić information content (AvgIpc) is 2.48. The van der Waals surface area contributed by atoms with Crippen molar-refractivity contribution in [3.05, 3.63) is 59.9 Å². The van der Waals surface area contributed by atoms with Crippen molar-refractivity contribution in [3.8, 4) is 0 Å². The number of hydrogen-bond acceptors (Lipinski definition) is 3. The summed E-state index contributed by atoms with van der Waals surface area (Å²) in [5.74, 6) is 0.00378. The second kappa shape index (κ2) is 6.19. The molecule has 20 heavy (non-hydrogen) atoms. The Morgan fingerprint density at radius 2 is 1.60 bits per heavy atom. The third kappa shape index (κ3) is 3.35. The zero-order chi connectivity index (χ0) is 14.5. The monoisotopic (exact) mass is 269 g/mol. The highest BCUT2D eigenvalue weighted by Crippen LogP contribution is 2.14. The topological polar surface area (TPSA) is 36.4 Å². The fraction of sp³-hybridized carbons (Fsp3) is 0.250. The Morgan fingerprint density at radius 3 is 2.15 bits per heavy atom. The van der Waals surface area contributed by atoms with Crippen molar-refractivity contribution in [2.24, 2.45) is 0 Å². The molecule has 1 aromatic heterocycles. The summed E-state index contributed by atoms with van der Waals surface area (Å²) in [7, 11) is 5.82. The van der Waals surface area contributed by atoms with E-state index in [0.717, 1.165) is 11.3 Å². The van der Waals surface area contributed by atoms with Crippen LogP contribution in [0, 0.1) is 0 Å². The fourth-order valence-electron chi connectivity index (χ4n) is 1.96. The molecule has 1 heterocycles. The molecule has 1 aromatic carbocycles. The molecule has 0 saturated heterocycles. The maximum absolute atomic E-state index is 12.2. The first-order valence-corrected chi connectivity index (χ1v) is 6.49. The van der Waals surface area contributed by atoms with E-state index in [9.17, 15) is 4.79 Å². The van der Waals surface area contributed by atoms with Crippen molar-refractivity contribution in [1.29, 1.82) is 0 Å². The zero-order valence-electron chi connectivity index (χ0n) is 12.1. The summed E-state index contributed by atoms with van der Waals surface area (Å²) in [4.78, 5) is 19.9. The maximum atomic E-state index is 12.2. The van der Waals surface area contributed by atoms with Gasteiger partial charge < -0.3 is 9.80 Å². The van der Waals surface area contributed by atoms with Gasteiger partial charge in [-0.05, 0) is 29.8 Å². The van der Waals surface area contributed by atoms with Gasteiger partial charge in [0.25, 0.3) is 5.91 Å². The molecular weight excluding hydrogens is 250 g/mol. The highest BCUT2D eigenvalue weighted by atomic mass is 16.2. The molecule has 0 fully saturated rings. The highest BCUT2D eigenvalue weighted by Gasteiger charge is 2.11. The Bertz CT molecular complexity index is 564. The smallest absolute Gasteiger partial charge is 0.254 e. The first-order valence-electron chi connectivity index (χ1n) is 6.49. The van der Waals surface area contributed by atoms with Crippen molar-refractivity contribution in [3.63, 3.8) is 0 Å². The van der Waals surface area contributed by atoms with E-state index in [4.69, 9.17) is 0 Å². The molecule has 4 nitrogen and oxygen atoms in total. The Hall–Kier alpha value is -2.36. The first kappa shape index (κ1) is 14.1. The molecule has 1 amide bonds. The molecular formula is C16H19N3O. The van der Waals surface area contributed by atoms with Crippen LogP contribution in [0.1, 0.15) is 15.9 Å². The second-order valence-electron chi connectivity index (χ2n) is 4.96. The molecule has 2 aromatic rings. The molecule has 0 radical (unpaired) electrons. The fourth-order valence-corrected chi connectivity index (χ4v) is 1.96. The Morgan fingerprint density at radius 1 is 1.00 bits per heavy atom. The summed E-state index contributed by atoms with van der Waals surface area (Å²) in [6, 6.07) is 11.7. The molecule has 0 spiro atoms. The van der Waals surface area contributed by atoms with E-state index in [1.807, 2.05) is 33.3 Å². The van der Waals surface area contributed by atoms with E-state index < -0.39 is 0 Å². The zero-order valence-corrected chi connectivity index (χ0v) is 12.1. The number of rotatable bonds is 4. The van der Waals surface area contributed by atoms with Crippen LogP contribution in [-0.4, -0.2) is 36.9 Å². The number of pyridine rings is 1. The molecule has 2 rings (SSSR count). The maximum Gasteiger partial charge on any atom is 0.254 e. The number of hydrogen-bond donors (Lipinski definition) is 0. The van der Waals surface area contributed by atoms with E-state index in [2.05, 4.69) is 22.0 Å². The van der Waals surface area contributed by atoms with Crippen LogP contribution in [0.25, 0.3) is 0 Å². The minimum atomic E-state index is 0.00378. The lowest BCUT2D eigenvalue weighted by atomic mass is 10.1. The van der Waals surface area contributed by atoms with Gasteiger partial charge in [-0.2, -0.15) is 0 Å². The van der Waals surface area contributed by atoms with Crippen LogP contribution >= 0.6 is 0 Å². The summed E-state index contributed by atoms with van der Waals surface area (Å²) in [5, 5.41) is 0. The largest absolute Gasteiger partial charge is 0.378 e. The van der Waals surface area contributed by atoms with Gasteiger partial charge in [0.15, 0.2) is 0 Å². The van der Waals surface area contributed by atoms with E-state index in [-0.39, 0.29) is 5.91 Å². The third-order valence-electron chi connectivity index (χ3n) is 3.15. The van der Waals surface area contributed by atoms with Crippen LogP contribution in [0.5, 0.6) is 0 Å². The van der Waals surface area contributed by atoms with E-state index >= 15 is 0 Å². The molecule has 0 atom stereocenters. The van der Waals surface area contributed by atoms with Gasteiger partial charge in [-0.3, -0.25) is 9.78 Å². The van der Waals surface area contributed by atoms with Gasteiger partial charge in [0.05, 0.1) is 0 Å². The summed E-state index contributed by atoms with van der Waals surface area (Å²) >= 11 is 0. The molecule has 0 saturated carbocycles. The minimum absolute atomic E-state index is 0.00378. The van der Waals surface area contributed by atoms with Crippen LogP contribution < -0.4 is 4.90 Å². The molecule has 0 aliphatic rings. The van der Waals surface area contributed by atoms with Gasteiger partial charge in [0.1, 0.15) is 0 Å². The number of aromatic nitrogens is 1. The van der Waals surface area contributed by atoms with Crippen molar-refractivity contribution in [2.45, 2.75) is 6.54 Å². The first-order chi connectivity index (χ1) is 9.58. The van der Waals surface area contributed by atoms with Crippen LogP contribution in [0.15, 0.2) is 48.8 Å². The summed E-state index contributed by atoms with van der Waals surface area (Å²) in [6.07, 6.45) is 3.26. The number of carbonyl (C=O) groups is 1. The number of amides is 1. The molecule has 0 bridgehead atoms. The van der Waals surface area contributed by atoms with Gasteiger partial charge in [0.2, 0.25) is 0 Å². The lowest BCUT2D eigenvalue weighted by Gasteiger charge is -2.18. The number of anilines is 1. The third-order valence-corrected chi connectivity index (χ3v) is 3.15. The van der Waals surface area contributed by atoms with Crippen molar-refractivity contribution in [2.75, 3.05) is 26.0 Å². The van der Waals surface area contributed by atoms with E-state index in [1.165, 1.54) is 0 Å². The quantitative estimate of drug-likeness (QED) is 0.855. The average molecular weight is 269 g/mol. The molecule has 104 valence electrons. The summed E-state index contributed by atoms with van der Waals surface area (Å²) in [6.45, 7) is 0.592. The van der Waals surface area contributed by atoms with Crippen LogP contribution in [0.3, 0.4) is 0 Å². The van der Waals surface area contributed by atoms with Gasteiger partial charge in [-0.1, -0.05) is 12.1 Å². The lowest BCUT2D eigenvalue weighted by Crippen LogP contribution is -2.26. The molecule has 0 aliphatic carbocycles. The van der Waals surface area contributed by atoms with Crippen molar-refractivity contribution < 1.29 is 4.79 Å². The van der Waals surface area contributed by atoms with Gasteiger partial charge in [-0.15, -0.1) is 0 Å². The molecule has 4 heteroatoms. The normalized spacial score (nSPS) is 10.2. The summed E-state index contributed by atoms with van der Waals surface area (Å²) < 4.78 is 0. The molecule has 0 unspecified atom stereocenters.